The average Bonchev–Trinajstić information content (AvgIpc) is 2.69. The topological polar surface area (TPSA) is 67.4 Å². The van der Waals surface area contributed by atoms with Crippen molar-refractivity contribution in [3.05, 3.63) is 23.3 Å². The van der Waals surface area contributed by atoms with Crippen LogP contribution in [0.4, 0.5) is 0 Å². The van der Waals surface area contributed by atoms with E-state index in [4.69, 9.17) is 14.2 Å². The van der Waals surface area contributed by atoms with E-state index in [-0.39, 0.29) is 24.0 Å². The molecule has 0 aromatic heterocycles. The van der Waals surface area contributed by atoms with Gasteiger partial charge in [0, 0.05) is 39.3 Å². The Hall–Kier alpha value is -1.26. The predicted octanol–water partition coefficient (Wildman–Crippen LogP) is 2.27. The van der Waals surface area contributed by atoms with Gasteiger partial charge in [0.1, 0.15) is 0 Å². The lowest BCUT2D eigenvalue weighted by Gasteiger charge is -2.29. The smallest absolute Gasteiger partial charge is 0.191 e. The number of nitrogens with zero attached hydrogens (tertiary/aromatic N) is 2. The molecule has 28 heavy (non-hydrogen) atoms. The molecule has 0 fully saturated rings. The maximum atomic E-state index is 5.44. The van der Waals surface area contributed by atoms with E-state index in [1.165, 1.54) is 11.1 Å². The fourth-order valence-corrected chi connectivity index (χ4v) is 3.16. The number of aliphatic imine (C=N–C) groups is 1. The van der Waals surface area contributed by atoms with Gasteiger partial charge < -0.3 is 24.8 Å². The second kappa shape index (κ2) is 13.8. The molecule has 0 atom stereocenters. The van der Waals surface area contributed by atoms with E-state index in [0.29, 0.717) is 6.61 Å². The molecule has 160 valence electrons. The van der Waals surface area contributed by atoms with Gasteiger partial charge in [-0.2, -0.15) is 0 Å². The number of rotatable bonds is 10. The molecule has 0 saturated carbocycles. The summed E-state index contributed by atoms with van der Waals surface area (Å²) in [5, 5.41) is 6.58. The first kappa shape index (κ1) is 24.8. The van der Waals surface area contributed by atoms with Crippen molar-refractivity contribution in [2.75, 3.05) is 60.2 Å². The van der Waals surface area contributed by atoms with Crippen LogP contribution in [0.2, 0.25) is 0 Å². The maximum Gasteiger partial charge on any atom is 0.191 e. The first-order valence-electron chi connectivity index (χ1n) is 9.77. The summed E-state index contributed by atoms with van der Waals surface area (Å²) in [6.45, 7) is 10.7. The Morgan fingerprint density at radius 2 is 1.82 bits per heavy atom. The highest BCUT2D eigenvalue weighted by atomic mass is 127. The van der Waals surface area contributed by atoms with E-state index in [1.807, 2.05) is 6.92 Å². The van der Waals surface area contributed by atoms with Gasteiger partial charge in [0.2, 0.25) is 0 Å². The Kier molecular flexibility index (Phi) is 12.2. The Morgan fingerprint density at radius 1 is 1.11 bits per heavy atom. The van der Waals surface area contributed by atoms with Gasteiger partial charge in [0.05, 0.1) is 27.4 Å². The zero-order valence-corrected chi connectivity index (χ0v) is 19.9. The van der Waals surface area contributed by atoms with Gasteiger partial charge >= 0.3 is 0 Å². The number of hydrogen-bond acceptors (Lipinski definition) is 5. The van der Waals surface area contributed by atoms with Crippen molar-refractivity contribution in [2.24, 2.45) is 4.99 Å². The van der Waals surface area contributed by atoms with Crippen LogP contribution in [-0.4, -0.2) is 71.0 Å². The number of benzene rings is 1. The van der Waals surface area contributed by atoms with E-state index in [1.54, 1.807) is 14.2 Å². The molecule has 1 aromatic carbocycles. The summed E-state index contributed by atoms with van der Waals surface area (Å²) in [7, 11) is 3.36. The molecule has 1 heterocycles. The third-order valence-electron chi connectivity index (χ3n) is 4.57. The quantitative estimate of drug-likeness (QED) is 0.220. The van der Waals surface area contributed by atoms with Gasteiger partial charge in [-0.15, -0.1) is 24.0 Å². The van der Waals surface area contributed by atoms with E-state index >= 15 is 0 Å². The fraction of sp³-hybridized carbons (Fsp3) is 0.650. The van der Waals surface area contributed by atoms with Crippen LogP contribution in [0.25, 0.3) is 0 Å². The molecule has 1 aliphatic rings. The number of nitrogens with one attached hydrogen (secondary N) is 2. The minimum absolute atomic E-state index is 0. The maximum absolute atomic E-state index is 5.44. The number of halogens is 1. The highest BCUT2D eigenvalue weighted by molar-refractivity contribution is 14.0. The lowest BCUT2D eigenvalue weighted by molar-refractivity contribution is 0.152. The summed E-state index contributed by atoms with van der Waals surface area (Å²) in [6, 6.07) is 4.21. The Labute approximate surface area is 186 Å². The third kappa shape index (κ3) is 7.63. The minimum Gasteiger partial charge on any atom is -0.493 e. The molecule has 1 aromatic rings. The first-order chi connectivity index (χ1) is 13.2. The molecule has 0 aliphatic carbocycles. The summed E-state index contributed by atoms with van der Waals surface area (Å²) in [5.74, 6) is 2.45. The second-order valence-corrected chi connectivity index (χ2v) is 6.39. The van der Waals surface area contributed by atoms with Crippen molar-refractivity contribution in [1.82, 2.24) is 15.5 Å². The van der Waals surface area contributed by atoms with Crippen LogP contribution in [0, 0.1) is 0 Å². The van der Waals surface area contributed by atoms with E-state index in [0.717, 1.165) is 69.8 Å². The van der Waals surface area contributed by atoms with Crippen LogP contribution < -0.4 is 20.1 Å². The van der Waals surface area contributed by atoms with Crippen LogP contribution in [0.15, 0.2) is 17.1 Å². The molecule has 0 bridgehead atoms. The van der Waals surface area contributed by atoms with Crippen LogP contribution in [-0.2, 0) is 17.7 Å². The molecule has 0 spiro atoms. The molecule has 1 aliphatic heterocycles. The van der Waals surface area contributed by atoms with Crippen molar-refractivity contribution in [3.8, 4) is 11.5 Å². The van der Waals surface area contributed by atoms with Crippen LogP contribution in [0.3, 0.4) is 0 Å². The zero-order chi connectivity index (χ0) is 19.5. The molecule has 0 radical (unpaired) electrons. The van der Waals surface area contributed by atoms with E-state index < -0.39 is 0 Å². The Balaban J connectivity index is 0.00000392. The van der Waals surface area contributed by atoms with Crippen molar-refractivity contribution in [1.29, 1.82) is 0 Å². The number of guanidine groups is 1. The van der Waals surface area contributed by atoms with Crippen molar-refractivity contribution >= 4 is 29.9 Å². The van der Waals surface area contributed by atoms with Crippen LogP contribution in [0.5, 0.6) is 11.5 Å². The Morgan fingerprint density at radius 3 is 2.46 bits per heavy atom. The summed E-state index contributed by atoms with van der Waals surface area (Å²) in [4.78, 5) is 7.11. The summed E-state index contributed by atoms with van der Waals surface area (Å²) in [5.41, 5.74) is 2.66. The van der Waals surface area contributed by atoms with Gasteiger partial charge in [-0.25, -0.2) is 0 Å². The molecule has 8 heteroatoms. The monoisotopic (exact) mass is 506 g/mol. The van der Waals surface area contributed by atoms with Gasteiger partial charge in [0.25, 0.3) is 0 Å². The lowest BCUT2D eigenvalue weighted by Crippen LogP contribution is -2.40. The molecule has 0 amide bonds. The summed E-state index contributed by atoms with van der Waals surface area (Å²) < 4.78 is 16.2. The molecule has 2 N–H and O–H groups in total. The molecular formula is C20H35IN4O3. The SMILES string of the molecule is CCNC(=NCCN1CCc2cc(OC)c(OC)cc2C1)NCCOCC.I. The highest BCUT2D eigenvalue weighted by Crippen LogP contribution is 2.33. The molecule has 2 rings (SSSR count). The van der Waals surface area contributed by atoms with E-state index in [2.05, 4.69) is 39.6 Å². The molecule has 0 saturated heterocycles. The zero-order valence-electron chi connectivity index (χ0n) is 17.5. The molecule has 7 nitrogen and oxygen atoms in total. The average molecular weight is 506 g/mol. The van der Waals surface area contributed by atoms with Gasteiger partial charge in [-0.05, 0) is 43.5 Å². The molecule has 0 unspecified atom stereocenters. The van der Waals surface area contributed by atoms with Crippen molar-refractivity contribution in [2.45, 2.75) is 26.8 Å². The van der Waals surface area contributed by atoms with Crippen molar-refractivity contribution < 1.29 is 14.2 Å². The summed E-state index contributed by atoms with van der Waals surface area (Å²) in [6.07, 6.45) is 1.02. The Bertz CT molecular complexity index is 613. The second-order valence-electron chi connectivity index (χ2n) is 6.39. The largest absolute Gasteiger partial charge is 0.493 e. The highest BCUT2D eigenvalue weighted by Gasteiger charge is 2.19. The minimum atomic E-state index is 0. The standard InChI is InChI=1S/C20H34N4O3.HI/c1-5-21-20(23-9-12-27-6-2)22-8-11-24-10-7-16-13-18(25-3)19(26-4)14-17(16)15-24;/h13-14H,5-12,15H2,1-4H3,(H2,21,22,23);1H. The number of ether oxygens (including phenoxy) is 3. The fourth-order valence-electron chi connectivity index (χ4n) is 3.16. The number of fused-ring (bicyclic) bond motifs is 1. The first-order valence-corrected chi connectivity index (χ1v) is 9.77. The van der Waals surface area contributed by atoms with Crippen LogP contribution in [0.1, 0.15) is 25.0 Å². The van der Waals surface area contributed by atoms with Crippen molar-refractivity contribution in [3.63, 3.8) is 0 Å². The van der Waals surface area contributed by atoms with Crippen LogP contribution >= 0.6 is 24.0 Å². The van der Waals surface area contributed by atoms with Gasteiger partial charge in [0.15, 0.2) is 17.5 Å². The number of methoxy groups -OCH3 is 2. The lowest BCUT2D eigenvalue weighted by atomic mass is 9.99. The predicted molar refractivity (Wildman–Crippen MR) is 124 cm³/mol. The summed E-state index contributed by atoms with van der Waals surface area (Å²) >= 11 is 0. The normalized spacial score (nSPS) is 14.1. The van der Waals surface area contributed by atoms with E-state index in [9.17, 15) is 0 Å². The van der Waals surface area contributed by atoms with Gasteiger partial charge in [-0.1, -0.05) is 0 Å². The number of hydrogen-bond donors (Lipinski definition) is 2. The van der Waals surface area contributed by atoms with Gasteiger partial charge in [-0.3, -0.25) is 9.89 Å². The third-order valence-corrected chi connectivity index (χ3v) is 4.57. The molecular weight excluding hydrogens is 471 g/mol.